The van der Waals surface area contributed by atoms with Crippen molar-refractivity contribution in [2.45, 2.75) is 44.5 Å². The van der Waals surface area contributed by atoms with Crippen LogP contribution in [0.2, 0.25) is 0 Å². The predicted molar refractivity (Wildman–Crippen MR) is 98.5 cm³/mol. The molecule has 6 nitrogen and oxygen atoms in total. The number of esters is 1. The first kappa shape index (κ1) is 20.0. The Labute approximate surface area is 153 Å². The van der Waals surface area contributed by atoms with E-state index in [0.717, 1.165) is 0 Å². The lowest BCUT2D eigenvalue weighted by Gasteiger charge is -2.17. The van der Waals surface area contributed by atoms with Crippen LogP contribution in [0.3, 0.4) is 0 Å². The summed E-state index contributed by atoms with van der Waals surface area (Å²) in [6.07, 6.45) is 6.03. The monoisotopic (exact) mass is 362 g/mol. The number of aliphatic hydroxyl groups excluding tert-OH is 2. The fourth-order valence-corrected chi connectivity index (χ4v) is 2.72. The Hall–Kier alpha value is -2.31. The summed E-state index contributed by atoms with van der Waals surface area (Å²) < 4.78 is 16.1. The second-order valence-electron chi connectivity index (χ2n) is 6.21. The predicted octanol–water partition coefficient (Wildman–Crippen LogP) is 2.72. The summed E-state index contributed by atoms with van der Waals surface area (Å²) in [5.41, 5.74) is 0.944. The van der Waals surface area contributed by atoms with Gasteiger partial charge in [-0.05, 0) is 31.4 Å². The minimum absolute atomic E-state index is 0.332. The Morgan fingerprint density at radius 2 is 1.92 bits per heavy atom. The maximum absolute atomic E-state index is 12.7. The summed E-state index contributed by atoms with van der Waals surface area (Å²) in [6.45, 7) is 1.77. The summed E-state index contributed by atoms with van der Waals surface area (Å²) in [6, 6.07) is 3.37. The van der Waals surface area contributed by atoms with Gasteiger partial charge in [0.15, 0.2) is 0 Å². The SMILES string of the molecule is COc1cc2c(c(OC)c1)C(=O)O[C@@H](C)C/C=C\C(O)[C@@H](O)CC/C=C/2. The lowest BCUT2D eigenvalue weighted by Crippen LogP contribution is -2.23. The second kappa shape index (κ2) is 9.40. The fraction of sp³-hybridized carbons (Fsp3) is 0.450. The maximum atomic E-state index is 12.7. The van der Waals surface area contributed by atoms with E-state index < -0.39 is 24.3 Å². The van der Waals surface area contributed by atoms with Crippen molar-refractivity contribution in [3.63, 3.8) is 0 Å². The van der Waals surface area contributed by atoms with Gasteiger partial charge in [0, 0.05) is 12.5 Å². The molecule has 0 saturated heterocycles. The molecule has 0 bridgehead atoms. The van der Waals surface area contributed by atoms with E-state index in [2.05, 4.69) is 0 Å². The van der Waals surface area contributed by atoms with Gasteiger partial charge in [-0.1, -0.05) is 24.3 Å². The zero-order valence-corrected chi connectivity index (χ0v) is 15.3. The first-order chi connectivity index (χ1) is 12.5. The molecule has 3 atom stereocenters. The van der Waals surface area contributed by atoms with E-state index in [-0.39, 0.29) is 0 Å². The molecule has 0 amide bonds. The van der Waals surface area contributed by atoms with Crippen molar-refractivity contribution in [2.75, 3.05) is 14.2 Å². The van der Waals surface area contributed by atoms with Crippen LogP contribution in [0.1, 0.15) is 42.1 Å². The van der Waals surface area contributed by atoms with E-state index in [4.69, 9.17) is 14.2 Å². The van der Waals surface area contributed by atoms with Crippen molar-refractivity contribution in [1.29, 1.82) is 0 Å². The summed E-state index contributed by atoms with van der Waals surface area (Å²) in [4.78, 5) is 12.7. The number of allylic oxidation sites excluding steroid dienone is 1. The van der Waals surface area contributed by atoms with Crippen LogP contribution in [0.5, 0.6) is 11.5 Å². The third-order valence-corrected chi connectivity index (χ3v) is 4.20. The third-order valence-electron chi connectivity index (χ3n) is 4.20. The minimum atomic E-state index is -0.943. The van der Waals surface area contributed by atoms with Crippen LogP contribution >= 0.6 is 0 Å². The van der Waals surface area contributed by atoms with E-state index in [9.17, 15) is 15.0 Å². The first-order valence-electron chi connectivity index (χ1n) is 8.62. The molecule has 1 aromatic rings. The number of rotatable bonds is 2. The van der Waals surface area contributed by atoms with Crippen molar-refractivity contribution in [3.8, 4) is 11.5 Å². The Kier molecular flexibility index (Phi) is 7.24. The van der Waals surface area contributed by atoms with Crippen LogP contribution in [0.4, 0.5) is 0 Å². The molecule has 0 saturated carbocycles. The van der Waals surface area contributed by atoms with Crippen LogP contribution in [-0.4, -0.2) is 48.7 Å². The Morgan fingerprint density at radius 3 is 2.62 bits per heavy atom. The molecule has 2 N–H and O–H groups in total. The number of fused-ring (bicyclic) bond motifs is 1. The highest BCUT2D eigenvalue weighted by molar-refractivity contribution is 5.97. The number of hydrogen-bond donors (Lipinski definition) is 2. The number of methoxy groups -OCH3 is 2. The molecular weight excluding hydrogens is 336 g/mol. The Bertz CT molecular complexity index is 679. The molecule has 0 aliphatic carbocycles. The molecule has 0 radical (unpaired) electrons. The zero-order chi connectivity index (χ0) is 19.1. The zero-order valence-electron chi connectivity index (χ0n) is 15.3. The van der Waals surface area contributed by atoms with Gasteiger partial charge in [0.1, 0.15) is 23.2 Å². The largest absolute Gasteiger partial charge is 0.497 e. The lowest BCUT2D eigenvalue weighted by atomic mass is 10.0. The smallest absolute Gasteiger partial charge is 0.342 e. The van der Waals surface area contributed by atoms with Crippen LogP contribution in [0, 0.1) is 0 Å². The molecule has 2 rings (SSSR count). The molecule has 0 aromatic heterocycles. The number of hydrogen-bond acceptors (Lipinski definition) is 6. The molecule has 1 aromatic carbocycles. The van der Waals surface area contributed by atoms with E-state index in [1.807, 2.05) is 6.08 Å². The summed E-state index contributed by atoms with van der Waals surface area (Å²) in [5.74, 6) is 0.451. The molecule has 1 heterocycles. The summed E-state index contributed by atoms with van der Waals surface area (Å²) in [7, 11) is 3.03. The number of carbonyl (C=O) groups excluding carboxylic acids is 1. The van der Waals surface area contributed by atoms with Crippen molar-refractivity contribution < 1.29 is 29.2 Å². The molecule has 1 aliphatic heterocycles. The Balaban J connectivity index is 2.43. The third kappa shape index (κ3) is 5.09. The number of carbonyl (C=O) groups is 1. The minimum Gasteiger partial charge on any atom is -0.497 e. The first-order valence-corrected chi connectivity index (χ1v) is 8.62. The van der Waals surface area contributed by atoms with Crippen molar-refractivity contribution in [2.24, 2.45) is 0 Å². The molecule has 0 spiro atoms. The highest BCUT2D eigenvalue weighted by Gasteiger charge is 2.22. The molecular formula is C20H26O6. The molecule has 0 fully saturated rings. The molecule has 142 valence electrons. The number of benzene rings is 1. The van der Waals surface area contributed by atoms with Gasteiger partial charge in [0.25, 0.3) is 0 Å². The van der Waals surface area contributed by atoms with Gasteiger partial charge in [-0.15, -0.1) is 0 Å². The lowest BCUT2D eigenvalue weighted by molar-refractivity contribution is 0.0336. The quantitative estimate of drug-likeness (QED) is 0.622. The van der Waals surface area contributed by atoms with Crippen molar-refractivity contribution in [3.05, 3.63) is 41.5 Å². The highest BCUT2D eigenvalue weighted by Crippen LogP contribution is 2.31. The molecule has 26 heavy (non-hydrogen) atoms. The summed E-state index contributed by atoms with van der Waals surface area (Å²) in [5, 5.41) is 19.9. The number of ether oxygens (including phenoxy) is 3. The van der Waals surface area contributed by atoms with Crippen molar-refractivity contribution in [1.82, 2.24) is 0 Å². The van der Waals surface area contributed by atoms with Gasteiger partial charge in [-0.3, -0.25) is 0 Å². The second-order valence-corrected chi connectivity index (χ2v) is 6.21. The fourth-order valence-electron chi connectivity index (χ4n) is 2.72. The van der Waals surface area contributed by atoms with Gasteiger partial charge < -0.3 is 24.4 Å². The van der Waals surface area contributed by atoms with Crippen molar-refractivity contribution >= 4 is 12.0 Å². The van der Waals surface area contributed by atoms with E-state index in [1.54, 1.807) is 38.3 Å². The van der Waals surface area contributed by atoms with Crippen LogP contribution in [-0.2, 0) is 4.74 Å². The van der Waals surface area contributed by atoms with Gasteiger partial charge in [-0.25, -0.2) is 4.79 Å². The van der Waals surface area contributed by atoms with E-state index >= 15 is 0 Å². The topological polar surface area (TPSA) is 85.2 Å². The summed E-state index contributed by atoms with van der Waals surface area (Å²) >= 11 is 0. The van der Waals surface area contributed by atoms with E-state index in [0.29, 0.717) is 41.9 Å². The highest BCUT2D eigenvalue weighted by atomic mass is 16.5. The van der Waals surface area contributed by atoms with Crippen LogP contribution in [0.15, 0.2) is 30.4 Å². The average Bonchev–Trinajstić information content (AvgIpc) is 2.63. The number of aliphatic hydroxyl groups is 2. The Morgan fingerprint density at radius 1 is 1.15 bits per heavy atom. The van der Waals surface area contributed by atoms with E-state index in [1.165, 1.54) is 13.2 Å². The van der Waals surface area contributed by atoms with Crippen LogP contribution < -0.4 is 9.47 Å². The van der Waals surface area contributed by atoms with Gasteiger partial charge >= 0.3 is 5.97 Å². The van der Waals surface area contributed by atoms with Gasteiger partial charge in [0.2, 0.25) is 0 Å². The van der Waals surface area contributed by atoms with Gasteiger partial charge in [0.05, 0.1) is 26.4 Å². The average molecular weight is 362 g/mol. The molecule has 1 unspecified atom stereocenters. The standard InChI is InChI=1S/C20H26O6/c1-13-7-6-10-17(22)16(21)9-5-4-8-14-11-15(24-2)12-18(25-3)19(14)20(23)26-13/h4,6,8,10-13,16-17,21-22H,5,7,9H2,1-3H3/b8-4+,10-6-/t13-,16-,17?/m0/s1. The normalized spacial score (nSPS) is 26.8. The maximum Gasteiger partial charge on any atom is 0.342 e. The molecule has 1 aliphatic rings. The van der Waals surface area contributed by atoms with Crippen LogP contribution in [0.25, 0.3) is 6.08 Å². The number of cyclic esters (lactones) is 1. The van der Waals surface area contributed by atoms with Gasteiger partial charge in [-0.2, -0.15) is 0 Å². The molecule has 6 heteroatoms.